The fourth-order valence-electron chi connectivity index (χ4n) is 10.8. The van der Waals surface area contributed by atoms with E-state index in [0.29, 0.717) is 5.82 Å². The van der Waals surface area contributed by atoms with E-state index in [9.17, 15) is 0 Å². The standard InChI is InChI=1S/C62H36N4O2/c1-2-13-38-32-40(25-24-37(38)12-1)39-14-11-15-43(33-39)65-53-21-8-4-19-48(53)60-54(65)29-28-47-44-16-3-7-20-52(44)66(61(47)60)59-36-51(41-26-30-57-49(34-41)45-17-5-9-22-55(45)67-57)63-62(64-59)42-27-31-58-50(35-42)46-18-6-10-23-56(46)68-58/h1-36H. The van der Waals surface area contributed by atoms with Crippen LogP contribution in [0, 0.1) is 0 Å². The Morgan fingerprint density at radius 3 is 1.71 bits per heavy atom. The van der Waals surface area contributed by atoms with Crippen LogP contribution in [0.25, 0.3) is 144 Å². The number of nitrogens with zero attached hydrogens (tertiary/aromatic N) is 4. The predicted octanol–water partition coefficient (Wildman–Crippen LogP) is 16.6. The zero-order chi connectivity index (χ0) is 44.5. The molecule has 15 aromatic rings. The van der Waals surface area contributed by atoms with Crippen LogP contribution in [-0.4, -0.2) is 19.1 Å². The van der Waals surface area contributed by atoms with Gasteiger partial charge in [-0.2, -0.15) is 0 Å². The van der Waals surface area contributed by atoms with Gasteiger partial charge >= 0.3 is 0 Å². The number of benzene rings is 10. The van der Waals surface area contributed by atoms with Crippen LogP contribution in [0.3, 0.4) is 0 Å². The van der Waals surface area contributed by atoms with Gasteiger partial charge in [0.25, 0.3) is 0 Å². The third-order valence-corrected chi connectivity index (χ3v) is 13.9. The summed E-state index contributed by atoms with van der Waals surface area (Å²) >= 11 is 0. The Morgan fingerprint density at radius 1 is 0.324 bits per heavy atom. The third-order valence-electron chi connectivity index (χ3n) is 13.9. The van der Waals surface area contributed by atoms with Crippen LogP contribution in [0.2, 0.25) is 0 Å². The lowest BCUT2D eigenvalue weighted by Crippen LogP contribution is -2.03. The molecule has 0 radical (unpaired) electrons. The maximum atomic E-state index is 6.29. The summed E-state index contributed by atoms with van der Waals surface area (Å²) in [5.74, 6) is 1.39. The molecule has 15 rings (SSSR count). The molecule has 5 aromatic heterocycles. The Balaban J connectivity index is 1.01. The number of fused-ring (bicyclic) bond motifs is 14. The molecule has 68 heavy (non-hydrogen) atoms. The number of hydrogen-bond donors (Lipinski definition) is 0. The second-order valence-corrected chi connectivity index (χ2v) is 17.7. The van der Waals surface area contributed by atoms with Gasteiger partial charge in [-0.15, -0.1) is 0 Å². The first kappa shape index (κ1) is 37.0. The number of para-hydroxylation sites is 4. The van der Waals surface area contributed by atoms with E-state index in [0.717, 1.165) is 116 Å². The average molecular weight is 869 g/mol. The first-order chi connectivity index (χ1) is 33.7. The maximum Gasteiger partial charge on any atom is 0.162 e. The van der Waals surface area contributed by atoms with Gasteiger partial charge in [0.15, 0.2) is 5.82 Å². The summed E-state index contributed by atoms with van der Waals surface area (Å²) in [5.41, 5.74) is 13.9. The van der Waals surface area contributed by atoms with Gasteiger partial charge in [0, 0.05) is 66.0 Å². The van der Waals surface area contributed by atoms with E-state index in [2.05, 4.69) is 197 Å². The van der Waals surface area contributed by atoms with Gasteiger partial charge in [0.05, 0.1) is 27.8 Å². The fraction of sp³-hybridized carbons (Fsp3) is 0. The Bertz CT molecular complexity index is 4450. The van der Waals surface area contributed by atoms with Crippen LogP contribution < -0.4 is 0 Å². The van der Waals surface area contributed by atoms with E-state index in [1.54, 1.807) is 0 Å². The summed E-state index contributed by atoms with van der Waals surface area (Å²) in [5, 5.41) is 11.3. The van der Waals surface area contributed by atoms with Gasteiger partial charge < -0.3 is 13.4 Å². The SMILES string of the molecule is c1cc(-c2ccc3ccccc3c2)cc(-n2c3ccccc3c3c2ccc2c4ccccc4n(-c4cc(-c5ccc6oc7ccccc7c6c5)nc(-c5ccc6oc7ccccc7c6c5)n4)c23)c1. The average Bonchev–Trinajstić information content (AvgIpc) is 4.16. The van der Waals surface area contributed by atoms with Crippen molar-refractivity contribution < 1.29 is 8.83 Å². The second-order valence-electron chi connectivity index (χ2n) is 17.7. The highest BCUT2D eigenvalue weighted by molar-refractivity contribution is 6.26. The molecule has 0 aliphatic carbocycles. The molecule has 0 atom stereocenters. The summed E-state index contributed by atoms with van der Waals surface area (Å²) in [6.07, 6.45) is 0. The minimum Gasteiger partial charge on any atom is -0.456 e. The fourth-order valence-corrected chi connectivity index (χ4v) is 10.8. The molecular formula is C62H36N4O2. The Labute approximate surface area is 388 Å². The van der Waals surface area contributed by atoms with Gasteiger partial charge in [0.1, 0.15) is 28.1 Å². The van der Waals surface area contributed by atoms with Gasteiger partial charge in [-0.3, -0.25) is 4.57 Å². The number of hydrogen-bond acceptors (Lipinski definition) is 4. The number of rotatable bonds is 5. The van der Waals surface area contributed by atoms with Crippen molar-refractivity contribution in [2.24, 2.45) is 0 Å². The van der Waals surface area contributed by atoms with E-state index in [1.807, 2.05) is 30.3 Å². The highest BCUT2D eigenvalue weighted by Crippen LogP contribution is 2.43. The van der Waals surface area contributed by atoms with E-state index in [4.69, 9.17) is 18.8 Å². The lowest BCUT2D eigenvalue weighted by atomic mass is 10.0. The second kappa shape index (κ2) is 14.1. The van der Waals surface area contributed by atoms with Crippen LogP contribution in [0.1, 0.15) is 0 Å². The van der Waals surface area contributed by atoms with Crippen LogP contribution in [0.5, 0.6) is 0 Å². The van der Waals surface area contributed by atoms with Crippen molar-refractivity contribution >= 4 is 98.3 Å². The smallest absolute Gasteiger partial charge is 0.162 e. The zero-order valence-electron chi connectivity index (χ0n) is 36.4. The van der Waals surface area contributed by atoms with E-state index < -0.39 is 0 Å². The molecule has 6 nitrogen and oxygen atoms in total. The summed E-state index contributed by atoms with van der Waals surface area (Å²) in [4.78, 5) is 11.0. The van der Waals surface area contributed by atoms with Crippen LogP contribution in [0.15, 0.2) is 227 Å². The molecule has 6 heteroatoms. The van der Waals surface area contributed by atoms with Crippen molar-refractivity contribution in [2.45, 2.75) is 0 Å². The monoisotopic (exact) mass is 868 g/mol. The Kier molecular flexibility index (Phi) is 7.69. The largest absolute Gasteiger partial charge is 0.456 e. The molecular weight excluding hydrogens is 833 g/mol. The van der Waals surface area contributed by atoms with Gasteiger partial charge in [-0.05, 0) is 107 Å². The van der Waals surface area contributed by atoms with Crippen LogP contribution >= 0.6 is 0 Å². The molecule has 0 bridgehead atoms. The first-order valence-electron chi connectivity index (χ1n) is 23.0. The van der Waals surface area contributed by atoms with E-state index in [-0.39, 0.29) is 0 Å². The Morgan fingerprint density at radius 2 is 0.926 bits per heavy atom. The normalized spacial score (nSPS) is 12.1. The lowest BCUT2D eigenvalue weighted by molar-refractivity contribution is 0.668. The first-order valence-corrected chi connectivity index (χ1v) is 23.0. The minimum absolute atomic E-state index is 0.618. The molecule has 0 amide bonds. The van der Waals surface area contributed by atoms with Gasteiger partial charge in [-0.25, -0.2) is 9.97 Å². The van der Waals surface area contributed by atoms with Crippen molar-refractivity contribution in [1.29, 1.82) is 0 Å². The summed E-state index contributed by atoms with van der Waals surface area (Å²) in [7, 11) is 0. The van der Waals surface area contributed by atoms with Crippen molar-refractivity contribution in [2.75, 3.05) is 0 Å². The van der Waals surface area contributed by atoms with Crippen molar-refractivity contribution in [3.63, 3.8) is 0 Å². The minimum atomic E-state index is 0.618. The topological polar surface area (TPSA) is 61.9 Å². The molecule has 316 valence electrons. The molecule has 0 spiro atoms. The van der Waals surface area contributed by atoms with Gasteiger partial charge in [-0.1, -0.05) is 127 Å². The molecule has 0 saturated carbocycles. The molecule has 5 heterocycles. The molecule has 0 unspecified atom stereocenters. The molecule has 10 aromatic carbocycles. The predicted molar refractivity (Wildman–Crippen MR) is 279 cm³/mol. The highest BCUT2D eigenvalue weighted by Gasteiger charge is 2.23. The quantitative estimate of drug-likeness (QED) is 0.173. The zero-order valence-corrected chi connectivity index (χ0v) is 36.4. The summed E-state index contributed by atoms with van der Waals surface area (Å²) in [6, 6.07) is 77.4. The van der Waals surface area contributed by atoms with Crippen molar-refractivity contribution in [3.05, 3.63) is 218 Å². The lowest BCUT2D eigenvalue weighted by Gasteiger charge is -2.13. The van der Waals surface area contributed by atoms with E-state index >= 15 is 0 Å². The molecule has 0 N–H and O–H groups in total. The summed E-state index contributed by atoms with van der Waals surface area (Å²) < 4.78 is 17.4. The van der Waals surface area contributed by atoms with E-state index in [1.165, 1.54) is 21.9 Å². The third kappa shape index (κ3) is 5.46. The molecule has 0 fully saturated rings. The van der Waals surface area contributed by atoms with Gasteiger partial charge in [0.2, 0.25) is 0 Å². The number of furan rings is 2. The van der Waals surface area contributed by atoms with Crippen molar-refractivity contribution in [1.82, 2.24) is 19.1 Å². The number of aromatic nitrogens is 4. The van der Waals surface area contributed by atoms with Crippen LogP contribution in [0.4, 0.5) is 0 Å². The molecule has 0 saturated heterocycles. The molecule has 0 aliphatic heterocycles. The van der Waals surface area contributed by atoms with Crippen LogP contribution in [-0.2, 0) is 0 Å². The summed E-state index contributed by atoms with van der Waals surface area (Å²) in [6.45, 7) is 0. The maximum absolute atomic E-state index is 6.29. The Hall–Kier alpha value is -9.26. The molecule has 0 aliphatic rings. The van der Waals surface area contributed by atoms with Crippen molar-refractivity contribution in [3.8, 4) is 45.3 Å². The highest BCUT2D eigenvalue weighted by atomic mass is 16.3.